The Morgan fingerprint density at radius 1 is 1.44 bits per heavy atom. The van der Waals surface area contributed by atoms with Crippen molar-refractivity contribution in [2.75, 3.05) is 14.1 Å². The molecule has 0 unspecified atom stereocenters. The molecule has 18 heavy (non-hydrogen) atoms. The molecule has 6 nitrogen and oxygen atoms in total. The maximum atomic E-state index is 11.7. The Morgan fingerprint density at radius 3 is 2.89 bits per heavy atom. The minimum absolute atomic E-state index is 0.184. The van der Waals surface area contributed by atoms with Gasteiger partial charge in [-0.25, -0.2) is 9.67 Å². The lowest BCUT2D eigenvalue weighted by Gasteiger charge is -2.07. The average molecular weight is 241 g/mol. The molecular weight excluding hydrogens is 230 g/mol. The number of hydrogen-bond donors (Lipinski definition) is 0. The highest BCUT2D eigenvalue weighted by molar-refractivity contribution is 5.91. The van der Waals surface area contributed by atoms with Gasteiger partial charge in [-0.1, -0.05) is 0 Å². The largest absolute Gasteiger partial charge is 0.343 e. The first-order valence-corrected chi connectivity index (χ1v) is 5.26. The summed E-state index contributed by atoms with van der Waals surface area (Å²) in [6.45, 7) is 0. The predicted octanol–water partition coefficient (Wildman–Crippen LogP) is 0.841. The number of nitriles is 1. The van der Waals surface area contributed by atoms with E-state index in [-0.39, 0.29) is 11.6 Å². The third kappa shape index (κ3) is 2.06. The van der Waals surface area contributed by atoms with Crippen molar-refractivity contribution in [1.29, 1.82) is 5.26 Å². The molecule has 0 radical (unpaired) electrons. The van der Waals surface area contributed by atoms with Crippen molar-refractivity contribution >= 4 is 5.91 Å². The minimum atomic E-state index is -0.184. The van der Waals surface area contributed by atoms with E-state index in [1.807, 2.05) is 6.07 Å². The first kappa shape index (κ1) is 11.8. The summed E-state index contributed by atoms with van der Waals surface area (Å²) in [6.07, 6.45) is 3.17. The van der Waals surface area contributed by atoms with Crippen LogP contribution in [0.2, 0.25) is 0 Å². The van der Waals surface area contributed by atoms with E-state index in [9.17, 15) is 4.79 Å². The normalized spacial score (nSPS) is 9.83. The molecule has 0 aliphatic carbocycles. The third-order valence-electron chi connectivity index (χ3n) is 2.35. The van der Waals surface area contributed by atoms with Crippen LogP contribution < -0.4 is 0 Å². The number of aromatic nitrogens is 3. The summed E-state index contributed by atoms with van der Waals surface area (Å²) in [5.74, 6) is -0.184. The molecule has 6 heteroatoms. The van der Waals surface area contributed by atoms with Crippen molar-refractivity contribution in [3.05, 3.63) is 42.0 Å². The molecule has 0 fully saturated rings. The monoisotopic (exact) mass is 241 g/mol. The fourth-order valence-electron chi connectivity index (χ4n) is 1.47. The van der Waals surface area contributed by atoms with Crippen LogP contribution in [-0.2, 0) is 0 Å². The topological polar surface area (TPSA) is 74.8 Å². The van der Waals surface area contributed by atoms with Gasteiger partial charge in [0.2, 0.25) is 0 Å². The van der Waals surface area contributed by atoms with Crippen LogP contribution in [0.1, 0.15) is 16.2 Å². The Bertz CT molecular complexity index is 623. The van der Waals surface area contributed by atoms with Gasteiger partial charge in [0.05, 0.1) is 0 Å². The molecule has 0 bridgehead atoms. The molecule has 2 heterocycles. The molecule has 90 valence electrons. The van der Waals surface area contributed by atoms with Gasteiger partial charge in [0, 0.05) is 26.5 Å². The fourth-order valence-corrected chi connectivity index (χ4v) is 1.47. The van der Waals surface area contributed by atoms with Gasteiger partial charge in [-0.15, -0.1) is 0 Å². The summed E-state index contributed by atoms with van der Waals surface area (Å²) in [7, 11) is 3.32. The van der Waals surface area contributed by atoms with E-state index < -0.39 is 0 Å². The van der Waals surface area contributed by atoms with E-state index in [1.165, 1.54) is 15.8 Å². The lowest BCUT2D eigenvalue weighted by Crippen LogP contribution is -2.22. The van der Waals surface area contributed by atoms with Gasteiger partial charge in [0.15, 0.2) is 11.4 Å². The summed E-state index contributed by atoms with van der Waals surface area (Å²) in [5, 5.41) is 13.1. The molecule has 0 spiro atoms. The van der Waals surface area contributed by atoms with E-state index in [4.69, 9.17) is 5.26 Å². The van der Waals surface area contributed by atoms with Crippen molar-refractivity contribution in [3.63, 3.8) is 0 Å². The molecule has 2 rings (SSSR count). The van der Waals surface area contributed by atoms with Crippen molar-refractivity contribution < 1.29 is 4.79 Å². The zero-order chi connectivity index (χ0) is 13.1. The number of carbonyl (C=O) groups is 1. The molecule has 0 saturated heterocycles. The Balaban J connectivity index is 2.42. The molecule has 2 aromatic heterocycles. The summed E-state index contributed by atoms with van der Waals surface area (Å²) >= 11 is 0. The second-order valence-corrected chi connectivity index (χ2v) is 3.83. The second-order valence-electron chi connectivity index (χ2n) is 3.83. The van der Waals surface area contributed by atoms with Gasteiger partial charge >= 0.3 is 0 Å². The Morgan fingerprint density at radius 2 is 2.22 bits per heavy atom. The van der Waals surface area contributed by atoms with E-state index >= 15 is 0 Å². The summed E-state index contributed by atoms with van der Waals surface area (Å²) in [6, 6.07) is 7.03. The maximum absolute atomic E-state index is 11.7. The molecule has 2 aromatic rings. The number of hydrogen-bond acceptors (Lipinski definition) is 4. The van der Waals surface area contributed by atoms with Crippen LogP contribution >= 0.6 is 0 Å². The Labute approximate surface area is 104 Å². The zero-order valence-electron chi connectivity index (χ0n) is 10.0. The molecule has 0 saturated carbocycles. The van der Waals surface area contributed by atoms with Crippen molar-refractivity contribution in [2.24, 2.45) is 0 Å². The molecular formula is C12H11N5O. The van der Waals surface area contributed by atoms with Crippen molar-refractivity contribution in [1.82, 2.24) is 19.7 Å². The summed E-state index contributed by atoms with van der Waals surface area (Å²) < 4.78 is 1.47. The third-order valence-corrected chi connectivity index (χ3v) is 2.35. The zero-order valence-corrected chi connectivity index (χ0v) is 10.0. The van der Waals surface area contributed by atoms with Crippen LogP contribution in [0.4, 0.5) is 0 Å². The molecule has 0 aromatic carbocycles. The first-order chi connectivity index (χ1) is 8.63. The number of amides is 1. The SMILES string of the molecule is CN(C)C(=O)c1ccn(-c2cccnc2C#N)n1. The molecule has 1 amide bonds. The van der Waals surface area contributed by atoms with Gasteiger partial charge in [0.25, 0.3) is 5.91 Å². The predicted molar refractivity (Wildman–Crippen MR) is 64.1 cm³/mol. The molecule has 0 aliphatic heterocycles. The molecule has 0 aliphatic rings. The number of carbonyl (C=O) groups excluding carboxylic acids is 1. The average Bonchev–Trinajstić information content (AvgIpc) is 2.87. The molecule has 0 N–H and O–H groups in total. The van der Waals surface area contributed by atoms with Gasteiger partial charge in [-0.05, 0) is 18.2 Å². The van der Waals surface area contributed by atoms with Crippen LogP contribution in [0.3, 0.4) is 0 Å². The van der Waals surface area contributed by atoms with Crippen LogP contribution in [0.5, 0.6) is 0 Å². The lowest BCUT2D eigenvalue weighted by atomic mass is 10.3. The van der Waals surface area contributed by atoms with Crippen molar-refractivity contribution in [3.8, 4) is 11.8 Å². The molecule has 0 atom stereocenters. The van der Waals surface area contributed by atoms with Crippen LogP contribution in [0.25, 0.3) is 5.69 Å². The smallest absolute Gasteiger partial charge is 0.273 e. The number of pyridine rings is 1. The van der Waals surface area contributed by atoms with Crippen molar-refractivity contribution in [2.45, 2.75) is 0 Å². The first-order valence-electron chi connectivity index (χ1n) is 5.26. The maximum Gasteiger partial charge on any atom is 0.273 e. The summed E-state index contributed by atoms with van der Waals surface area (Å²) in [4.78, 5) is 17.1. The quantitative estimate of drug-likeness (QED) is 0.780. The van der Waals surface area contributed by atoms with Crippen LogP contribution in [0, 0.1) is 11.3 Å². The van der Waals surface area contributed by atoms with Crippen LogP contribution in [0.15, 0.2) is 30.6 Å². The lowest BCUT2D eigenvalue weighted by molar-refractivity contribution is 0.0821. The van der Waals surface area contributed by atoms with Gasteiger partial charge in [0.1, 0.15) is 11.8 Å². The van der Waals surface area contributed by atoms with E-state index in [0.717, 1.165) is 0 Å². The Hall–Kier alpha value is -2.68. The standard InChI is InChI=1S/C12H11N5O/c1-16(2)12(18)9-5-7-17(15-9)11-4-3-6-14-10(11)8-13/h3-7H,1-2H3. The van der Waals surface area contributed by atoms with Gasteiger partial charge in [-0.2, -0.15) is 10.4 Å². The minimum Gasteiger partial charge on any atom is -0.343 e. The highest BCUT2D eigenvalue weighted by Crippen LogP contribution is 2.11. The van der Waals surface area contributed by atoms with Gasteiger partial charge in [-0.3, -0.25) is 4.79 Å². The summed E-state index contributed by atoms with van der Waals surface area (Å²) in [5.41, 5.74) is 1.15. The Kier molecular flexibility index (Phi) is 3.06. The highest BCUT2D eigenvalue weighted by Gasteiger charge is 2.13. The number of nitrogens with zero attached hydrogens (tertiary/aromatic N) is 5. The van der Waals surface area contributed by atoms with Gasteiger partial charge < -0.3 is 4.90 Å². The number of rotatable bonds is 2. The fraction of sp³-hybridized carbons (Fsp3) is 0.167. The highest BCUT2D eigenvalue weighted by atomic mass is 16.2. The second kappa shape index (κ2) is 4.67. The van der Waals surface area contributed by atoms with E-state index in [0.29, 0.717) is 11.4 Å². The van der Waals surface area contributed by atoms with Crippen LogP contribution in [-0.4, -0.2) is 39.7 Å². The van der Waals surface area contributed by atoms with E-state index in [2.05, 4.69) is 10.1 Å². The van der Waals surface area contributed by atoms with E-state index in [1.54, 1.807) is 38.5 Å².